The molecule has 1 saturated carbocycles. The van der Waals surface area contributed by atoms with Gasteiger partial charge in [-0.15, -0.1) is 0 Å². The average Bonchev–Trinajstić information content (AvgIpc) is 3.02. The summed E-state index contributed by atoms with van der Waals surface area (Å²) in [6.07, 6.45) is 7.51. The van der Waals surface area contributed by atoms with Crippen LogP contribution in [0.25, 0.3) is 0 Å². The van der Waals surface area contributed by atoms with Crippen LogP contribution in [0.3, 0.4) is 0 Å². The second kappa shape index (κ2) is 6.36. The van der Waals surface area contributed by atoms with Crippen LogP contribution in [0.2, 0.25) is 0 Å². The molecule has 1 heterocycles. The summed E-state index contributed by atoms with van der Waals surface area (Å²) in [6.45, 7) is 2.74. The Morgan fingerprint density at radius 3 is 2.71 bits per heavy atom. The molecule has 1 saturated heterocycles. The summed E-state index contributed by atoms with van der Waals surface area (Å²) >= 11 is 0. The van der Waals surface area contributed by atoms with Gasteiger partial charge in [-0.05, 0) is 39.3 Å². The lowest BCUT2D eigenvalue weighted by molar-refractivity contribution is -0.122. The molecule has 4 heteroatoms. The number of amides is 1. The van der Waals surface area contributed by atoms with Crippen molar-refractivity contribution in [3.63, 3.8) is 0 Å². The van der Waals surface area contributed by atoms with Gasteiger partial charge in [0.2, 0.25) is 5.91 Å². The lowest BCUT2D eigenvalue weighted by Crippen LogP contribution is -2.44. The first-order chi connectivity index (χ1) is 8.27. The maximum absolute atomic E-state index is 11.8. The van der Waals surface area contributed by atoms with E-state index in [1.807, 2.05) is 0 Å². The Kier molecular flexibility index (Phi) is 4.80. The van der Waals surface area contributed by atoms with Crippen LogP contribution in [0.4, 0.5) is 0 Å². The first-order valence-electron chi connectivity index (χ1n) is 6.98. The van der Waals surface area contributed by atoms with Gasteiger partial charge in [0.1, 0.15) is 0 Å². The minimum absolute atomic E-state index is 0.0618. The van der Waals surface area contributed by atoms with Crippen LogP contribution < -0.4 is 10.6 Å². The van der Waals surface area contributed by atoms with Crippen molar-refractivity contribution in [2.24, 2.45) is 0 Å². The van der Waals surface area contributed by atoms with Crippen LogP contribution in [-0.4, -0.2) is 49.6 Å². The van der Waals surface area contributed by atoms with E-state index in [1.165, 1.54) is 25.7 Å². The van der Waals surface area contributed by atoms with Crippen LogP contribution in [0.15, 0.2) is 0 Å². The molecular weight excluding hydrogens is 214 g/mol. The Bertz CT molecular complexity index is 245. The molecule has 0 aromatic heterocycles. The molecule has 1 amide bonds. The number of hydrogen-bond acceptors (Lipinski definition) is 3. The van der Waals surface area contributed by atoms with Gasteiger partial charge in [0.05, 0.1) is 6.04 Å². The van der Waals surface area contributed by atoms with E-state index in [0.717, 1.165) is 38.5 Å². The summed E-state index contributed by atoms with van der Waals surface area (Å²) in [6, 6.07) is 0.809. The lowest BCUT2D eigenvalue weighted by Gasteiger charge is -2.24. The summed E-state index contributed by atoms with van der Waals surface area (Å²) in [4.78, 5) is 14.2. The molecule has 0 spiro atoms. The Morgan fingerprint density at radius 1 is 1.29 bits per heavy atom. The molecule has 1 aliphatic carbocycles. The minimum atomic E-state index is 0.0618. The fourth-order valence-electron chi connectivity index (χ4n) is 2.91. The molecule has 1 atom stereocenters. The van der Waals surface area contributed by atoms with Crippen molar-refractivity contribution >= 4 is 5.91 Å². The Morgan fingerprint density at radius 2 is 2.06 bits per heavy atom. The van der Waals surface area contributed by atoms with Crippen molar-refractivity contribution in [2.45, 2.75) is 50.6 Å². The van der Waals surface area contributed by atoms with E-state index in [1.54, 1.807) is 0 Å². The molecule has 0 bridgehead atoms. The normalized spacial score (nSPS) is 25.6. The molecule has 2 aliphatic rings. The van der Waals surface area contributed by atoms with E-state index < -0.39 is 0 Å². The van der Waals surface area contributed by atoms with Gasteiger partial charge in [0, 0.05) is 19.1 Å². The maximum Gasteiger partial charge on any atom is 0.237 e. The number of nitrogens with one attached hydrogen (secondary N) is 2. The Hall–Kier alpha value is -0.610. The summed E-state index contributed by atoms with van der Waals surface area (Å²) in [5.74, 6) is 0.183. The van der Waals surface area contributed by atoms with Crippen molar-refractivity contribution in [3.8, 4) is 0 Å². The van der Waals surface area contributed by atoms with Crippen molar-refractivity contribution in [1.82, 2.24) is 15.5 Å². The zero-order valence-electron chi connectivity index (χ0n) is 10.9. The van der Waals surface area contributed by atoms with E-state index in [4.69, 9.17) is 0 Å². The molecule has 17 heavy (non-hydrogen) atoms. The number of nitrogens with zero attached hydrogens (tertiary/aromatic N) is 1. The van der Waals surface area contributed by atoms with Crippen molar-refractivity contribution < 1.29 is 4.79 Å². The second-order valence-electron chi connectivity index (χ2n) is 5.36. The van der Waals surface area contributed by atoms with E-state index >= 15 is 0 Å². The van der Waals surface area contributed by atoms with Crippen LogP contribution in [0, 0.1) is 0 Å². The maximum atomic E-state index is 11.8. The third-order valence-corrected chi connectivity index (χ3v) is 4.09. The number of hydrogen-bond donors (Lipinski definition) is 2. The SMILES string of the molecule is CN(CCNC(=O)[C@@H]1CCCN1)C1CCCC1. The highest BCUT2D eigenvalue weighted by Crippen LogP contribution is 2.21. The van der Waals surface area contributed by atoms with Gasteiger partial charge in [-0.3, -0.25) is 4.79 Å². The van der Waals surface area contributed by atoms with Gasteiger partial charge >= 0.3 is 0 Å². The van der Waals surface area contributed by atoms with Crippen molar-refractivity contribution in [1.29, 1.82) is 0 Å². The van der Waals surface area contributed by atoms with E-state index in [-0.39, 0.29) is 11.9 Å². The molecule has 2 fully saturated rings. The third-order valence-electron chi connectivity index (χ3n) is 4.09. The molecule has 0 aromatic rings. The van der Waals surface area contributed by atoms with E-state index in [9.17, 15) is 4.79 Å². The lowest BCUT2D eigenvalue weighted by atomic mass is 10.2. The summed E-state index contributed by atoms with van der Waals surface area (Å²) in [5, 5.41) is 6.26. The highest BCUT2D eigenvalue weighted by molar-refractivity contribution is 5.81. The molecule has 0 radical (unpaired) electrons. The minimum Gasteiger partial charge on any atom is -0.353 e. The van der Waals surface area contributed by atoms with Gasteiger partial charge in [-0.25, -0.2) is 0 Å². The van der Waals surface area contributed by atoms with Crippen molar-refractivity contribution in [2.75, 3.05) is 26.7 Å². The predicted octanol–water partition coefficient (Wildman–Crippen LogP) is 0.729. The highest BCUT2D eigenvalue weighted by atomic mass is 16.2. The fraction of sp³-hybridized carbons (Fsp3) is 0.923. The van der Waals surface area contributed by atoms with Crippen LogP contribution in [-0.2, 0) is 4.79 Å². The van der Waals surface area contributed by atoms with Gasteiger partial charge in [0.25, 0.3) is 0 Å². The number of likely N-dealkylation sites (N-methyl/N-ethyl adjacent to an activating group) is 1. The first kappa shape index (κ1) is 12.8. The number of carbonyl (C=O) groups excluding carboxylic acids is 1. The molecule has 2 rings (SSSR count). The van der Waals surface area contributed by atoms with Gasteiger partial charge in [-0.2, -0.15) is 0 Å². The molecule has 0 aromatic carbocycles. The topological polar surface area (TPSA) is 44.4 Å². The fourth-order valence-corrected chi connectivity index (χ4v) is 2.91. The van der Waals surface area contributed by atoms with Crippen LogP contribution in [0.1, 0.15) is 38.5 Å². The summed E-state index contributed by atoms with van der Waals surface area (Å²) < 4.78 is 0. The third kappa shape index (κ3) is 3.68. The number of carbonyl (C=O) groups is 1. The van der Waals surface area contributed by atoms with Crippen molar-refractivity contribution in [3.05, 3.63) is 0 Å². The Balaban J connectivity index is 1.59. The summed E-state index contributed by atoms with van der Waals surface area (Å²) in [7, 11) is 2.18. The van der Waals surface area contributed by atoms with Gasteiger partial charge < -0.3 is 15.5 Å². The zero-order valence-corrected chi connectivity index (χ0v) is 10.9. The second-order valence-corrected chi connectivity index (χ2v) is 5.36. The largest absolute Gasteiger partial charge is 0.353 e. The molecule has 1 aliphatic heterocycles. The van der Waals surface area contributed by atoms with E-state index in [2.05, 4.69) is 22.6 Å². The first-order valence-corrected chi connectivity index (χ1v) is 6.98. The quantitative estimate of drug-likeness (QED) is 0.743. The molecule has 98 valence electrons. The standard InChI is InChI=1S/C13H25N3O/c1-16(11-5-2-3-6-11)10-9-15-13(17)12-7-4-8-14-12/h11-12,14H,2-10H2,1H3,(H,15,17)/t12-/m0/s1. The van der Waals surface area contributed by atoms with Crippen LogP contribution in [0.5, 0.6) is 0 Å². The highest BCUT2D eigenvalue weighted by Gasteiger charge is 2.22. The van der Waals surface area contributed by atoms with Gasteiger partial charge in [0.15, 0.2) is 0 Å². The number of rotatable bonds is 5. The van der Waals surface area contributed by atoms with Crippen LogP contribution >= 0.6 is 0 Å². The van der Waals surface area contributed by atoms with Gasteiger partial charge in [-0.1, -0.05) is 12.8 Å². The molecule has 0 unspecified atom stereocenters. The monoisotopic (exact) mass is 239 g/mol. The zero-order chi connectivity index (χ0) is 12.1. The molecule has 4 nitrogen and oxygen atoms in total. The summed E-state index contributed by atoms with van der Waals surface area (Å²) in [5.41, 5.74) is 0. The van der Waals surface area contributed by atoms with E-state index in [0.29, 0.717) is 0 Å². The smallest absolute Gasteiger partial charge is 0.237 e. The molecular formula is C13H25N3O. The Labute approximate surface area is 104 Å². The predicted molar refractivity (Wildman–Crippen MR) is 68.9 cm³/mol. The average molecular weight is 239 g/mol. The molecule has 2 N–H and O–H groups in total.